The molecule has 36 heavy (non-hydrogen) atoms. The quantitative estimate of drug-likeness (QED) is 0.371. The highest BCUT2D eigenvalue weighted by Gasteiger charge is 2.30. The lowest BCUT2D eigenvalue weighted by atomic mass is 10.1. The zero-order valence-electron chi connectivity index (χ0n) is 21.2. The number of hydrogen-bond donors (Lipinski definition) is 1. The molecular weight excluding hydrogens is 521 g/mol. The smallest absolute Gasteiger partial charge is 0.243 e. The largest absolute Gasteiger partial charge is 0.352 e. The summed E-state index contributed by atoms with van der Waals surface area (Å²) in [4.78, 5) is 28.2. The van der Waals surface area contributed by atoms with E-state index in [1.807, 2.05) is 20.8 Å². The van der Waals surface area contributed by atoms with Crippen LogP contribution in [0.3, 0.4) is 0 Å². The molecule has 198 valence electrons. The topological polar surface area (TPSA) is 86.8 Å². The van der Waals surface area contributed by atoms with E-state index in [0.29, 0.717) is 22.0 Å². The molecule has 0 saturated carbocycles. The highest BCUT2D eigenvalue weighted by Crippen LogP contribution is 2.27. The van der Waals surface area contributed by atoms with Crippen molar-refractivity contribution in [2.24, 2.45) is 0 Å². The number of hydrogen-bond acceptors (Lipinski definition) is 4. The van der Waals surface area contributed by atoms with Crippen molar-refractivity contribution < 1.29 is 18.0 Å². The average molecular weight is 557 g/mol. The number of benzene rings is 2. The molecule has 10 heteroatoms. The van der Waals surface area contributed by atoms with Crippen LogP contribution in [0, 0.1) is 0 Å². The monoisotopic (exact) mass is 555 g/mol. The molecule has 7 nitrogen and oxygen atoms in total. The molecule has 2 rings (SSSR count). The molecule has 2 amide bonds. The van der Waals surface area contributed by atoms with Gasteiger partial charge in [0.05, 0.1) is 4.90 Å². The van der Waals surface area contributed by atoms with E-state index in [0.717, 1.165) is 6.42 Å². The Bertz CT molecular complexity index is 1110. The van der Waals surface area contributed by atoms with Crippen molar-refractivity contribution in [3.05, 3.63) is 64.1 Å². The minimum absolute atomic E-state index is 0.0377. The van der Waals surface area contributed by atoms with Crippen LogP contribution in [-0.2, 0) is 26.2 Å². The molecule has 1 N–H and O–H groups in total. The van der Waals surface area contributed by atoms with Crippen LogP contribution in [0.1, 0.15) is 52.0 Å². The second-order valence-corrected chi connectivity index (χ2v) is 11.6. The van der Waals surface area contributed by atoms with Crippen molar-refractivity contribution >= 4 is 45.0 Å². The Morgan fingerprint density at radius 3 is 2.14 bits per heavy atom. The molecule has 0 aliphatic heterocycles. The van der Waals surface area contributed by atoms with Crippen LogP contribution in [0.4, 0.5) is 0 Å². The van der Waals surface area contributed by atoms with Crippen molar-refractivity contribution in [3.8, 4) is 0 Å². The van der Waals surface area contributed by atoms with Crippen molar-refractivity contribution in [2.45, 2.75) is 70.0 Å². The predicted octanol–water partition coefficient (Wildman–Crippen LogP) is 5.12. The van der Waals surface area contributed by atoms with Crippen molar-refractivity contribution in [2.75, 3.05) is 13.6 Å². The molecule has 0 unspecified atom stereocenters. The van der Waals surface area contributed by atoms with Gasteiger partial charge in [0.25, 0.3) is 0 Å². The molecule has 0 aliphatic carbocycles. The van der Waals surface area contributed by atoms with Gasteiger partial charge in [-0.3, -0.25) is 9.59 Å². The summed E-state index contributed by atoms with van der Waals surface area (Å²) in [7, 11) is -2.17. The first-order chi connectivity index (χ1) is 17.0. The Labute approximate surface area is 224 Å². The number of rotatable bonds is 13. The van der Waals surface area contributed by atoms with Crippen LogP contribution in [0.5, 0.6) is 0 Å². The molecule has 0 fully saturated rings. The summed E-state index contributed by atoms with van der Waals surface area (Å²) in [6.45, 7) is 5.94. The van der Waals surface area contributed by atoms with Gasteiger partial charge in [-0.25, -0.2) is 12.7 Å². The lowest BCUT2D eigenvalue weighted by Gasteiger charge is -2.32. The van der Waals surface area contributed by atoms with Crippen molar-refractivity contribution in [1.29, 1.82) is 0 Å². The van der Waals surface area contributed by atoms with E-state index in [1.165, 1.54) is 28.4 Å². The van der Waals surface area contributed by atoms with Gasteiger partial charge in [-0.2, -0.15) is 0 Å². The molecule has 0 radical (unpaired) electrons. The van der Waals surface area contributed by atoms with Crippen LogP contribution < -0.4 is 5.32 Å². The standard InChI is InChI=1S/C26H35Cl2N3O4S/c1-5-19(3)29-26(33)24(6-2)31(18-21-22(27)14-10-15-23(21)28)25(32)16-11-17-30(4)36(34,35)20-12-8-7-9-13-20/h7-10,12-15,19,24H,5-6,11,16-18H2,1-4H3,(H,29,33)/t19-,24-/m0/s1. The van der Waals surface area contributed by atoms with Gasteiger partial charge < -0.3 is 10.2 Å². The molecule has 0 bridgehead atoms. The van der Waals surface area contributed by atoms with E-state index in [1.54, 1.807) is 36.4 Å². The highest BCUT2D eigenvalue weighted by molar-refractivity contribution is 7.89. The van der Waals surface area contributed by atoms with Gasteiger partial charge in [0.2, 0.25) is 21.8 Å². The minimum Gasteiger partial charge on any atom is -0.352 e. The molecule has 2 aromatic rings. The van der Waals surface area contributed by atoms with Gasteiger partial charge in [0, 0.05) is 48.2 Å². The zero-order chi connectivity index (χ0) is 26.9. The van der Waals surface area contributed by atoms with E-state index in [-0.39, 0.29) is 48.7 Å². The summed E-state index contributed by atoms with van der Waals surface area (Å²) in [6.07, 6.45) is 1.51. The Hall–Kier alpha value is -2.13. The first kappa shape index (κ1) is 30.1. The molecule has 0 spiro atoms. The number of halogens is 2. The predicted molar refractivity (Wildman–Crippen MR) is 144 cm³/mol. The molecule has 2 aromatic carbocycles. The maximum atomic E-state index is 13.4. The van der Waals surface area contributed by atoms with Gasteiger partial charge in [0.15, 0.2) is 0 Å². The van der Waals surface area contributed by atoms with Crippen LogP contribution in [0.25, 0.3) is 0 Å². The normalized spacial score (nSPS) is 13.3. The third-order valence-corrected chi connectivity index (χ3v) is 8.67. The molecule has 0 saturated heterocycles. The Kier molecular flexibility index (Phi) is 11.7. The van der Waals surface area contributed by atoms with E-state index in [2.05, 4.69) is 5.32 Å². The molecule has 2 atom stereocenters. The second kappa shape index (κ2) is 14.0. The van der Waals surface area contributed by atoms with E-state index < -0.39 is 16.1 Å². The SMILES string of the molecule is CC[C@H](C)NC(=O)[C@H](CC)N(Cc1c(Cl)cccc1Cl)C(=O)CCCN(C)S(=O)(=O)c1ccccc1. The van der Waals surface area contributed by atoms with Crippen molar-refractivity contribution in [3.63, 3.8) is 0 Å². The maximum Gasteiger partial charge on any atom is 0.243 e. The van der Waals surface area contributed by atoms with Gasteiger partial charge in [-0.1, -0.05) is 61.3 Å². The third-order valence-electron chi connectivity index (χ3n) is 6.09. The summed E-state index contributed by atoms with van der Waals surface area (Å²) in [5.74, 6) is -0.519. The summed E-state index contributed by atoms with van der Waals surface area (Å²) in [5.41, 5.74) is 0.563. The number of sulfonamides is 1. The minimum atomic E-state index is -3.66. The van der Waals surface area contributed by atoms with Crippen LogP contribution >= 0.6 is 23.2 Å². The fourth-order valence-corrected chi connectivity index (χ4v) is 5.45. The van der Waals surface area contributed by atoms with E-state index in [9.17, 15) is 18.0 Å². The highest BCUT2D eigenvalue weighted by atomic mass is 35.5. The molecular formula is C26H35Cl2N3O4S. The summed E-state index contributed by atoms with van der Waals surface area (Å²) in [6, 6.07) is 12.5. The summed E-state index contributed by atoms with van der Waals surface area (Å²) in [5, 5.41) is 3.77. The maximum absolute atomic E-state index is 13.4. The summed E-state index contributed by atoms with van der Waals surface area (Å²) >= 11 is 12.7. The average Bonchev–Trinajstić information content (AvgIpc) is 2.85. The van der Waals surface area contributed by atoms with Crippen molar-refractivity contribution in [1.82, 2.24) is 14.5 Å². The van der Waals surface area contributed by atoms with Crippen LogP contribution in [0.2, 0.25) is 10.0 Å². The van der Waals surface area contributed by atoms with Crippen LogP contribution in [0.15, 0.2) is 53.4 Å². The van der Waals surface area contributed by atoms with Gasteiger partial charge >= 0.3 is 0 Å². The summed E-state index contributed by atoms with van der Waals surface area (Å²) < 4.78 is 26.8. The fraction of sp³-hybridized carbons (Fsp3) is 0.462. The third kappa shape index (κ3) is 7.93. The Balaban J connectivity index is 2.20. The van der Waals surface area contributed by atoms with Gasteiger partial charge in [0.1, 0.15) is 6.04 Å². The number of nitrogens with zero attached hydrogens (tertiary/aromatic N) is 2. The van der Waals surface area contributed by atoms with Gasteiger partial charge in [-0.05, 0) is 50.5 Å². The van der Waals surface area contributed by atoms with Crippen LogP contribution in [-0.4, -0.2) is 55.1 Å². The lowest BCUT2D eigenvalue weighted by Crippen LogP contribution is -2.50. The Morgan fingerprint density at radius 1 is 0.972 bits per heavy atom. The zero-order valence-corrected chi connectivity index (χ0v) is 23.5. The second-order valence-electron chi connectivity index (χ2n) is 8.71. The molecule has 0 aromatic heterocycles. The van der Waals surface area contributed by atoms with E-state index >= 15 is 0 Å². The first-order valence-corrected chi connectivity index (χ1v) is 14.3. The first-order valence-electron chi connectivity index (χ1n) is 12.1. The fourth-order valence-electron chi connectivity index (χ4n) is 3.70. The number of carbonyl (C=O) groups excluding carboxylic acids is 2. The number of nitrogens with one attached hydrogen (secondary N) is 1. The number of carbonyl (C=O) groups is 2. The number of amides is 2. The Morgan fingerprint density at radius 2 is 1.58 bits per heavy atom. The van der Waals surface area contributed by atoms with E-state index in [4.69, 9.17) is 23.2 Å². The van der Waals surface area contributed by atoms with Gasteiger partial charge in [-0.15, -0.1) is 0 Å². The molecule has 0 heterocycles. The lowest BCUT2D eigenvalue weighted by molar-refractivity contribution is -0.141. The molecule has 0 aliphatic rings.